The summed E-state index contributed by atoms with van der Waals surface area (Å²) in [7, 11) is 0. The second-order valence-corrected chi connectivity index (χ2v) is 8.99. The molecule has 0 spiro atoms. The van der Waals surface area contributed by atoms with Gasteiger partial charge in [-0.25, -0.2) is 4.98 Å². The molecule has 0 bridgehead atoms. The van der Waals surface area contributed by atoms with Gasteiger partial charge in [-0.2, -0.15) is 0 Å². The number of anilines is 1. The minimum Gasteiger partial charge on any atom is -0.354 e. The first-order valence-electron chi connectivity index (χ1n) is 11.7. The number of carbonyl (C=O) groups is 1. The number of amides is 1. The highest BCUT2D eigenvalue weighted by atomic mass is 16.2. The summed E-state index contributed by atoms with van der Waals surface area (Å²) in [6.45, 7) is 6.97. The molecule has 1 atom stereocenters. The maximum atomic E-state index is 13.1. The summed E-state index contributed by atoms with van der Waals surface area (Å²) in [4.78, 5) is 29.1. The number of piperazine rings is 1. The molecule has 6 heteroatoms. The van der Waals surface area contributed by atoms with Gasteiger partial charge in [-0.1, -0.05) is 30.3 Å². The van der Waals surface area contributed by atoms with Gasteiger partial charge >= 0.3 is 0 Å². The van der Waals surface area contributed by atoms with Crippen molar-refractivity contribution in [3.05, 3.63) is 66.5 Å². The molecule has 0 N–H and O–H groups in total. The van der Waals surface area contributed by atoms with Gasteiger partial charge in [0.2, 0.25) is 5.91 Å². The highest BCUT2D eigenvalue weighted by molar-refractivity contribution is 5.87. The van der Waals surface area contributed by atoms with Crippen LogP contribution in [-0.2, 0) is 11.2 Å². The molecule has 2 aliphatic rings. The number of benzene rings is 1. The molecule has 0 radical (unpaired) electrons. The Morgan fingerprint density at radius 3 is 2.59 bits per heavy atom. The van der Waals surface area contributed by atoms with Crippen molar-refractivity contribution in [2.45, 2.75) is 19.3 Å². The topological polar surface area (TPSA) is 52.6 Å². The number of rotatable bonds is 5. The van der Waals surface area contributed by atoms with Crippen LogP contribution in [0.2, 0.25) is 0 Å². The van der Waals surface area contributed by atoms with Gasteiger partial charge in [0.05, 0.1) is 11.9 Å². The van der Waals surface area contributed by atoms with E-state index in [0.29, 0.717) is 12.3 Å². The second kappa shape index (κ2) is 9.65. The van der Waals surface area contributed by atoms with E-state index < -0.39 is 0 Å². The fourth-order valence-corrected chi connectivity index (χ4v) is 5.09. The van der Waals surface area contributed by atoms with Crippen LogP contribution in [0, 0.1) is 5.92 Å². The van der Waals surface area contributed by atoms with E-state index in [0.717, 1.165) is 74.5 Å². The van der Waals surface area contributed by atoms with Crippen molar-refractivity contribution >= 4 is 22.6 Å². The number of fused-ring (bicyclic) bond motifs is 1. The molecule has 1 amide bonds. The minimum absolute atomic E-state index is 0.229. The first kappa shape index (κ1) is 20.9. The molecule has 32 heavy (non-hydrogen) atoms. The van der Waals surface area contributed by atoms with Crippen LogP contribution in [0.25, 0.3) is 10.9 Å². The molecule has 2 aromatic heterocycles. The molecular formula is C26H31N5O. The number of carbonyl (C=O) groups excluding carboxylic acids is 1. The summed E-state index contributed by atoms with van der Waals surface area (Å²) in [6.07, 6.45) is 6.41. The van der Waals surface area contributed by atoms with Crippen LogP contribution in [0.3, 0.4) is 0 Å². The molecule has 1 unspecified atom stereocenters. The minimum atomic E-state index is 0.229. The zero-order chi connectivity index (χ0) is 21.8. The van der Waals surface area contributed by atoms with Crippen molar-refractivity contribution in [1.29, 1.82) is 0 Å². The summed E-state index contributed by atoms with van der Waals surface area (Å²) in [5.74, 6) is 1.86. The third-order valence-corrected chi connectivity index (χ3v) is 6.79. The lowest BCUT2D eigenvalue weighted by atomic mass is 9.96. The average Bonchev–Trinajstić information content (AvgIpc) is 2.85. The predicted octanol–water partition coefficient (Wildman–Crippen LogP) is 3.23. The fraction of sp³-hybridized carbons (Fsp3) is 0.423. The zero-order valence-electron chi connectivity index (χ0n) is 18.6. The van der Waals surface area contributed by atoms with Crippen LogP contribution in [0.5, 0.6) is 0 Å². The molecule has 2 saturated heterocycles. The van der Waals surface area contributed by atoms with Crippen LogP contribution >= 0.6 is 0 Å². The van der Waals surface area contributed by atoms with E-state index in [1.807, 2.05) is 30.5 Å². The van der Waals surface area contributed by atoms with Crippen LogP contribution in [-0.4, -0.2) is 71.5 Å². The third-order valence-electron chi connectivity index (χ3n) is 6.79. The number of aromatic nitrogens is 2. The Hall–Kier alpha value is -2.99. The maximum absolute atomic E-state index is 13.1. The van der Waals surface area contributed by atoms with Gasteiger partial charge in [-0.15, -0.1) is 0 Å². The molecule has 5 rings (SSSR count). The number of para-hydroxylation sites is 1. The maximum Gasteiger partial charge on any atom is 0.227 e. The van der Waals surface area contributed by atoms with Gasteiger partial charge < -0.3 is 9.80 Å². The summed E-state index contributed by atoms with van der Waals surface area (Å²) < 4.78 is 0. The fourth-order valence-electron chi connectivity index (χ4n) is 5.09. The molecule has 3 aromatic rings. The van der Waals surface area contributed by atoms with Gasteiger partial charge in [-0.3, -0.25) is 14.7 Å². The van der Waals surface area contributed by atoms with Crippen molar-refractivity contribution in [1.82, 2.24) is 19.8 Å². The Morgan fingerprint density at radius 2 is 1.75 bits per heavy atom. The summed E-state index contributed by atoms with van der Waals surface area (Å²) in [5.41, 5.74) is 1.98. The van der Waals surface area contributed by atoms with Crippen molar-refractivity contribution in [3.63, 3.8) is 0 Å². The highest BCUT2D eigenvalue weighted by Crippen LogP contribution is 2.22. The molecule has 0 saturated carbocycles. The lowest BCUT2D eigenvalue weighted by Crippen LogP contribution is -2.50. The lowest BCUT2D eigenvalue weighted by Gasteiger charge is -2.39. The third kappa shape index (κ3) is 4.75. The van der Waals surface area contributed by atoms with Gasteiger partial charge in [0, 0.05) is 63.6 Å². The number of nitrogens with zero attached hydrogens (tertiary/aromatic N) is 5. The first-order valence-corrected chi connectivity index (χ1v) is 11.7. The van der Waals surface area contributed by atoms with Crippen LogP contribution < -0.4 is 4.90 Å². The summed E-state index contributed by atoms with van der Waals surface area (Å²) in [6, 6.07) is 16.2. The van der Waals surface area contributed by atoms with E-state index in [2.05, 4.69) is 48.9 Å². The van der Waals surface area contributed by atoms with Gasteiger partial charge in [0.25, 0.3) is 0 Å². The number of pyridine rings is 2. The molecule has 166 valence electrons. The van der Waals surface area contributed by atoms with E-state index >= 15 is 0 Å². The first-order chi connectivity index (χ1) is 15.8. The molecule has 2 aliphatic heterocycles. The zero-order valence-corrected chi connectivity index (χ0v) is 18.6. The molecule has 2 fully saturated rings. The second-order valence-electron chi connectivity index (χ2n) is 8.99. The Balaban J connectivity index is 1.15. The van der Waals surface area contributed by atoms with E-state index in [9.17, 15) is 4.79 Å². The van der Waals surface area contributed by atoms with Crippen molar-refractivity contribution in [2.24, 2.45) is 5.92 Å². The number of hydrogen-bond acceptors (Lipinski definition) is 5. The SMILES string of the molecule is O=C(Cc1cccc2cccnc12)N1CCCC(CN2CCN(c3ccccn3)CC2)C1. The lowest BCUT2D eigenvalue weighted by molar-refractivity contribution is -0.132. The van der Waals surface area contributed by atoms with Gasteiger partial charge in [-0.05, 0) is 42.5 Å². The van der Waals surface area contributed by atoms with Crippen molar-refractivity contribution in [2.75, 3.05) is 50.7 Å². The molecule has 1 aromatic carbocycles. The van der Waals surface area contributed by atoms with Crippen LogP contribution in [0.15, 0.2) is 60.9 Å². The van der Waals surface area contributed by atoms with Crippen molar-refractivity contribution in [3.8, 4) is 0 Å². The van der Waals surface area contributed by atoms with E-state index in [1.54, 1.807) is 6.20 Å². The standard InChI is InChI=1S/C26H31N5O/c32-25(18-23-8-3-7-22-9-4-12-28-26(22)23)31-13-5-6-21(20-31)19-29-14-16-30(17-15-29)24-10-1-2-11-27-24/h1-4,7-12,21H,5-6,13-20H2. The van der Waals surface area contributed by atoms with E-state index in [-0.39, 0.29) is 5.91 Å². The monoisotopic (exact) mass is 429 g/mol. The molecule has 6 nitrogen and oxygen atoms in total. The average molecular weight is 430 g/mol. The quantitative estimate of drug-likeness (QED) is 0.623. The Morgan fingerprint density at radius 1 is 0.906 bits per heavy atom. The van der Waals surface area contributed by atoms with Gasteiger partial charge in [0.15, 0.2) is 0 Å². The smallest absolute Gasteiger partial charge is 0.227 e. The Bertz CT molecular complexity index is 1040. The number of hydrogen-bond donors (Lipinski definition) is 0. The Labute approximate surface area is 189 Å². The number of likely N-dealkylation sites (tertiary alicyclic amines) is 1. The van der Waals surface area contributed by atoms with E-state index in [1.165, 1.54) is 6.42 Å². The predicted molar refractivity (Wildman–Crippen MR) is 128 cm³/mol. The van der Waals surface area contributed by atoms with Crippen LogP contribution in [0.1, 0.15) is 18.4 Å². The summed E-state index contributed by atoms with van der Waals surface area (Å²) in [5, 5.41) is 1.10. The van der Waals surface area contributed by atoms with E-state index in [4.69, 9.17) is 0 Å². The molecule has 0 aliphatic carbocycles. The van der Waals surface area contributed by atoms with Crippen LogP contribution in [0.4, 0.5) is 5.82 Å². The van der Waals surface area contributed by atoms with Crippen molar-refractivity contribution < 1.29 is 4.79 Å². The normalized spacial score (nSPS) is 19.9. The van der Waals surface area contributed by atoms with Gasteiger partial charge in [0.1, 0.15) is 5.82 Å². The number of piperidine rings is 1. The molecular weight excluding hydrogens is 398 g/mol. The summed E-state index contributed by atoms with van der Waals surface area (Å²) >= 11 is 0. The Kier molecular flexibility index (Phi) is 6.30. The largest absolute Gasteiger partial charge is 0.354 e. The highest BCUT2D eigenvalue weighted by Gasteiger charge is 2.27. The molecule has 4 heterocycles.